The molecule has 5 heteroatoms. The van der Waals surface area contributed by atoms with Crippen LogP contribution in [0.25, 0.3) is 0 Å². The Morgan fingerprint density at radius 2 is 1.95 bits per heavy atom. The highest BCUT2D eigenvalue weighted by Gasteiger charge is 2.44. The Balaban J connectivity index is 1.77. The summed E-state index contributed by atoms with van der Waals surface area (Å²) < 4.78 is 4.70. The lowest BCUT2D eigenvalue weighted by Crippen LogP contribution is -2.14. The van der Waals surface area contributed by atoms with Crippen LogP contribution in [0.3, 0.4) is 0 Å². The normalized spacial score (nSPS) is 15.7. The predicted octanol–water partition coefficient (Wildman–Crippen LogP) is 2.65. The highest BCUT2D eigenvalue weighted by molar-refractivity contribution is 8.00. The lowest BCUT2D eigenvalue weighted by atomic mass is 10.1. The van der Waals surface area contributed by atoms with Gasteiger partial charge in [0, 0.05) is 5.56 Å². The van der Waals surface area contributed by atoms with E-state index in [9.17, 15) is 14.7 Å². The summed E-state index contributed by atoms with van der Waals surface area (Å²) in [6.07, 6.45) is 2.51. The molecule has 108 valence electrons. The van der Waals surface area contributed by atoms with Crippen molar-refractivity contribution in [2.45, 2.75) is 19.3 Å². The molecule has 1 aromatic rings. The van der Waals surface area contributed by atoms with Gasteiger partial charge in [-0.2, -0.15) is 11.8 Å². The minimum atomic E-state index is -0.173. The van der Waals surface area contributed by atoms with E-state index in [1.165, 1.54) is 19.2 Å². The Morgan fingerprint density at radius 1 is 1.30 bits per heavy atom. The minimum Gasteiger partial charge on any atom is -0.508 e. The minimum absolute atomic E-state index is 0.0452. The third kappa shape index (κ3) is 4.00. The molecule has 1 saturated carbocycles. The number of aromatic hydroxyl groups is 1. The van der Waals surface area contributed by atoms with Crippen LogP contribution >= 0.6 is 11.8 Å². The first-order chi connectivity index (χ1) is 9.54. The van der Waals surface area contributed by atoms with E-state index in [-0.39, 0.29) is 22.9 Å². The number of phenolic OH excluding ortho intramolecular Hbond substituents is 1. The number of carbonyl (C=O) groups excluding carboxylic acids is 2. The van der Waals surface area contributed by atoms with Crippen molar-refractivity contribution in [3.63, 3.8) is 0 Å². The first-order valence-corrected chi connectivity index (χ1v) is 7.67. The number of thioether (sulfide) groups is 1. The molecule has 0 aromatic heterocycles. The Kier molecular flexibility index (Phi) is 4.70. The van der Waals surface area contributed by atoms with Gasteiger partial charge in [0.05, 0.1) is 19.3 Å². The molecule has 20 heavy (non-hydrogen) atoms. The number of ketones is 1. The van der Waals surface area contributed by atoms with Crippen molar-refractivity contribution in [2.24, 2.45) is 5.41 Å². The van der Waals surface area contributed by atoms with E-state index in [1.807, 2.05) is 0 Å². The zero-order valence-electron chi connectivity index (χ0n) is 11.4. The second kappa shape index (κ2) is 6.31. The summed E-state index contributed by atoms with van der Waals surface area (Å²) in [5, 5.41) is 9.18. The number of methoxy groups -OCH3 is 1. The number of carbonyl (C=O) groups is 2. The fraction of sp³-hybridized carbons (Fsp3) is 0.467. The number of hydrogen-bond donors (Lipinski definition) is 1. The van der Waals surface area contributed by atoms with Gasteiger partial charge in [0.15, 0.2) is 5.78 Å². The van der Waals surface area contributed by atoms with Crippen molar-refractivity contribution in [3.05, 3.63) is 29.8 Å². The van der Waals surface area contributed by atoms with Crippen LogP contribution in [0.4, 0.5) is 0 Å². The molecular formula is C15H18O4S. The molecule has 0 aliphatic heterocycles. The van der Waals surface area contributed by atoms with Crippen molar-refractivity contribution in [3.8, 4) is 5.75 Å². The van der Waals surface area contributed by atoms with Gasteiger partial charge >= 0.3 is 5.97 Å². The Hall–Kier alpha value is -1.49. The molecule has 0 bridgehead atoms. The van der Waals surface area contributed by atoms with E-state index in [2.05, 4.69) is 0 Å². The Labute approximate surface area is 122 Å². The second-order valence-electron chi connectivity index (χ2n) is 5.22. The average Bonchev–Trinajstić information content (AvgIpc) is 3.19. The van der Waals surface area contributed by atoms with E-state index < -0.39 is 0 Å². The van der Waals surface area contributed by atoms with E-state index in [4.69, 9.17) is 4.74 Å². The Bertz CT molecular complexity index is 491. The fourth-order valence-corrected chi connectivity index (χ4v) is 3.30. The standard InChI is InChI=1S/C15H18O4S/c1-19-14(18)8-15(6-7-15)10-20-9-13(17)11-2-4-12(16)5-3-11/h2-5,16H,6-10H2,1H3. The zero-order valence-corrected chi connectivity index (χ0v) is 12.2. The highest BCUT2D eigenvalue weighted by Crippen LogP contribution is 2.51. The van der Waals surface area contributed by atoms with Gasteiger partial charge in [-0.15, -0.1) is 0 Å². The van der Waals surface area contributed by atoms with Gasteiger partial charge in [-0.05, 0) is 48.3 Å². The van der Waals surface area contributed by atoms with E-state index in [1.54, 1.807) is 23.9 Å². The molecule has 0 heterocycles. The van der Waals surface area contributed by atoms with E-state index in [0.29, 0.717) is 17.7 Å². The van der Waals surface area contributed by atoms with Crippen LogP contribution in [-0.4, -0.2) is 35.5 Å². The number of benzene rings is 1. The van der Waals surface area contributed by atoms with Crippen molar-refractivity contribution in [1.29, 1.82) is 0 Å². The van der Waals surface area contributed by atoms with Gasteiger partial charge in [-0.3, -0.25) is 9.59 Å². The summed E-state index contributed by atoms with van der Waals surface area (Å²) in [5.74, 6) is 1.24. The van der Waals surface area contributed by atoms with Gasteiger partial charge in [-0.1, -0.05) is 0 Å². The maximum atomic E-state index is 11.9. The molecule has 0 unspecified atom stereocenters. The number of ether oxygens (including phenoxy) is 1. The van der Waals surface area contributed by atoms with Crippen LogP contribution in [0.1, 0.15) is 29.6 Å². The van der Waals surface area contributed by atoms with Crippen molar-refractivity contribution < 1.29 is 19.4 Å². The van der Waals surface area contributed by atoms with E-state index in [0.717, 1.165) is 18.6 Å². The van der Waals surface area contributed by atoms with Crippen LogP contribution in [0.2, 0.25) is 0 Å². The number of esters is 1. The summed E-state index contributed by atoms with van der Waals surface area (Å²) in [6.45, 7) is 0. The summed E-state index contributed by atoms with van der Waals surface area (Å²) >= 11 is 1.56. The van der Waals surface area contributed by atoms with Crippen molar-refractivity contribution in [2.75, 3.05) is 18.6 Å². The topological polar surface area (TPSA) is 63.6 Å². The monoisotopic (exact) mass is 294 g/mol. The molecule has 0 amide bonds. The number of phenols is 1. The largest absolute Gasteiger partial charge is 0.508 e. The summed E-state index contributed by atoms with van der Waals surface area (Å²) in [5.41, 5.74) is 0.653. The first kappa shape index (κ1) is 14.9. The molecule has 1 N–H and O–H groups in total. The SMILES string of the molecule is COC(=O)CC1(CSCC(=O)c2ccc(O)cc2)CC1. The quantitative estimate of drug-likeness (QED) is 0.618. The average molecular weight is 294 g/mol. The second-order valence-corrected chi connectivity index (χ2v) is 6.20. The van der Waals surface area contributed by atoms with Gasteiger partial charge in [-0.25, -0.2) is 0 Å². The molecular weight excluding hydrogens is 276 g/mol. The third-order valence-electron chi connectivity index (χ3n) is 3.53. The predicted molar refractivity (Wildman–Crippen MR) is 78.1 cm³/mol. The molecule has 1 aromatic carbocycles. The molecule has 2 rings (SSSR count). The number of rotatable bonds is 7. The molecule has 0 radical (unpaired) electrons. The zero-order chi connectivity index (χ0) is 14.6. The smallest absolute Gasteiger partial charge is 0.306 e. The van der Waals surface area contributed by atoms with Gasteiger partial charge < -0.3 is 9.84 Å². The van der Waals surface area contributed by atoms with E-state index >= 15 is 0 Å². The van der Waals surface area contributed by atoms with Gasteiger partial charge in [0.25, 0.3) is 0 Å². The molecule has 4 nitrogen and oxygen atoms in total. The highest BCUT2D eigenvalue weighted by atomic mass is 32.2. The molecule has 0 spiro atoms. The van der Waals surface area contributed by atoms with Crippen LogP contribution in [0.15, 0.2) is 24.3 Å². The van der Waals surface area contributed by atoms with Crippen LogP contribution < -0.4 is 0 Å². The van der Waals surface area contributed by atoms with Gasteiger partial charge in [0.1, 0.15) is 5.75 Å². The van der Waals surface area contributed by atoms with Gasteiger partial charge in [0.2, 0.25) is 0 Å². The summed E-state index contributed by atoms with van der Waals surface area (Å²) in [4.78, 5) is 23.2. The molecule has 0 atom stereocenters. The first-order valence-electron chi connectivity index (χ1n) is 6.51. The lowest BCUT2D eigenvalue weighted by molar-refractivity contribution is -0.141. The molecule has 0 saturated heterocycles. The molecule has 1 aliphatic carbocycles. The number of hydrogen-bond acceptors (Lipinski definition) is 5. The maximum Gasteiger partial charge on any atom is 0.306 e. The molecule has 1 aliphatic rings. The Morgan fingerprint density at radius 3 is 2.50 bits per heavy atom. The van der Waals surface area contributed by atoms with Crippen molar-refractivity contribution in [1.82, 2.24) is 0 Å². The van der Waals surface area contributed by atoms with Crippen LogP contribution in [0.5, 0.6) is 5.75 Å². The third-order valence-corrected chi connectivity index (χ3v) is 4.82. The maximum absolute atomic E-state index is 11.9. The number of Topliss-reactive ketones (excluding diaryl/α,β-unsaturated/α-hetero) is 1. The summed E-state index contributed by atoms with van der Waals surface area (Å²) in [7, 11) is 1.40. The molecule has 1 fully saturated rings. The van der Waals surface area contributed by atoms with Crippen LogP contribution in [-0.2, 0) is 9.53 Å². The summed E-state index contributed by atoms with van der Waals surface area (Å²) in [6, 6.07) is 6.27. The van der Waals surface area contributed by atoms with Crippen molar-refractivity contribution >= 4 is 23.5 Å². The lowest BCUT2D eigenvalue weighted by Gasteiger charge is -2.12. The van der Waals surface area contributed by atoms with Crippen LogP contribution in [0, 0.1) is 5.41 Å². The fourth-order valence-electron chi connectivity index (χ4n) is 2.02.